The summed E-state index contributed by atoms with van der Waals surface area (Å²) in [5, 5.41) is 1.75. The van der Waals surface area contributed by atoms with Gasteiger partial charge in [-0.15, -0.1) is 11.3 Å². The van der Waals surface area contributed by atoms with Crippen molar-refractivity contribution in [2.24, 2.45) is 0 Å². The molecule has 6 nitrogen and oxygen atoms in total. The maximum Gasteiger partial charge on any atom is 0.263 e. The van der Waals surface area contributed by atoms with Crippen LogP contribution in [-0.4, -0.2) is 55.8 Å². The third-order valence-corrected chi connectivity index (χ3v) is 8.12. The molecule has 0 bridgehead atoms. The van der Waals surface area contributed by atoms with E-state index in [1.807, 2.05) is 24.3 Å². The van der Waals surface area contributed by atoms with Gasteiger partial charge in [-0.1, -0.05) is 32.0 Å². The van der Waals surface area contributed by atoms with Crippen LogP contribution in [0.5, 0.6) is 5.75 Å². The first kappa shape index (κ1) is 20.8. The normalized spacial score (nSPS) is 16.9. The molecule has 8 heteroatoms. The van der Waals surface area contributed by atoms with Gasteiger partial charge < -0.3 is 9.64 Å². The van der Waals surface area contributed by atoms with E-state index in [0.717, 1.165) is 0 Å². The van der Waals surface area contributed by atoms with Crippen LogP contribution in [0.2, 0.25) is 0 Å². The highest BCUT2D eigenvalue weighted by atomic mass is 32.2. The maximum absolute atomic E-state index is 12.7. The molecule has 1 aliphatic rings. The van der Waals surface area contributed by atoms with Crippen molar-refractivity contribution in [2.75, 3.05) is 26.2 Å². The zero-order chi connectivity index (χ0) is 20.3. The van der Waals surface area contributed by atoms with Gasteiger partial charge in [0, 0.05) is 26.2 Å². The molecule has 1 aliphatic heterocycles. The number of amides is 1. The molecule has 1 saturated heterocycles. The van der Waals surface area contributed by atoms with E-state index in [-0.39, 0.29) is 5.91 Å². The molecule has 1 amide bonds. The van der Waals surface area contributed by atoms with Crippen molar-refractivity contribution in [3.63, 3.8) is 0 Å². The molecule has 1 aromatic heterocycles. The lowest BCUT2D eigenvalue weighted by molar-refractivity contribution is -0.139. The second kappa shape index (κ2) is 8.63. The van der Waals surface area contributed by atoms with Crippen molar-refractivity contribution in [1.82, 2.24) is 9.21 Å². The lowest BCUT2D eigenvalue weighted by Gasteiger charge is -2.34. The van der Waals surface area contributed by atoms with Crippen LogP contribution in [0, 0.1) is 0 Å². The summed E-state index contributed by atoms with van der Waals surface area (Å²) in [5.41, 5.74) is 1.22. The van der Waals surface area contributed by atoms with Gasteiger partial charge in [-0.3, -0.25) is 4.79 Å². The fourth-order valence-electron chi connectivity index (χ4n) is 3.13. The van der Waals surface area contributed by atoms with E-state index in [9.17, 15) is 13.2 Å². The molecule has 1 unspecified atom stereocenters. The summed E-state index contributed by atoms with van der Waals surface area (Å²) < 4.78 is 32.7. The zero-order valence-corrected chi connectivity index (χ0v) is 18.0. The van der Waals surface area contributed by atoms with E-state index < -0.39 is 16.1 Å². The van der Waals surface area contributed by atoms with Gasteiger partial charge in [0.15, 0.2) is 6.10 Å². The summed E-state index contributed by atoms with van der Waals surface area (Å²) in [7, 11) is -3.47. The third-order valence-electron chi connectivity index (χ3n) is 4.85. The van der Waals surface area contributed by atoms with Gasteiger partial charge in [0.1, 0.15) is 9.96 Å². The quantitative estimate of drug-likeness (QED) is 0.717. The first-order valence-electron chi connectivity index (χ1n) is 9.38. The van der Waals surface area contributed by atoms with Crippen molar-refractivity contribution in [3.8, 4) is 5.75 Å². The number of rotatable bonds is 6. The number of ether oxygens (including phenoxy) is 1. The second-order valence-corrected chi connectivity index (χ2v) is 10.3. The highest BCUT2D eigenvalue weighted by Gasteiger charge is 2.32. The largest absolute Gasteiger partial charge is 0.481 e. The van der Waals surface area contributed by atoms with Crippen LogP contribution >= 0.6 is 11.3 Å². The van der Waals surface area contributed by atoms with E-state index in [1.54, 1.807) is 29.3 Å². The lowest BCUT2D eigenvalue weighted by Crippen LogP contribution is -2.53. The average Bonchev–Trinajstić information content (AvgIpc) is 3.23. The average molecular weight is 423 g/mol. The summed E-state index contributed by atoms with van der Waals surface area (Å²) >= 11 is 1.21. The van der Waals surface area contributed by atoms with E-state index in [2.05, 4.69) is 13.8 Å². The Morgan fingerprint density at radius 2 is 1.68 bits per heavy atom. The van der Waals surface area contributed by atoms with Crippen molar-refractivity contribution < 1.29 is 17.9 Å². The number of carbonyl (C=O) groups excluding carboxylic acids is 1. The van der Waals surface area contributed by atoms with Gasteiger partial charge in [0.05, 0.1) is 0 Å². The molecule has 0 aliphatic carbocycles. The zero-order valence-electron chi connectivity index (χ0n) is 16.4. The molecule has 0 saturated carbocycles. The summed E-state index contributed by atoms with van der Waals surface area (Å²) in [6.07, 6.45) is -0.620. The molecule has 1 fully saturated rings. The van der Waals surface area contributed by atoms with Crippen LogP contribution in [0.25, 0.3) is 0 Å². The van der Waals surface area contributed by atoms with E-state index in [0.29, 0.717) is 42.1 Å². The Balaban J connectivity index is 1.56. The van der Waals surface area contributed by atoms with Crippen molar-refractivity contribution >= 4 is 27.3 Å². The van der Waals surface area contributed by atoms with E-state index in [4.69, 9.17) is 4.74 Å². The van der Waals surface area contributed by atoms with Crippen molar-refractivity contribution in [2.45, 2.75) is 37.0 Å². The number of benzene rings is 1. The third kappa shape index (κ3) is 4.56. The number of sulfonamides is 1. The van der Waals surface area contributed by atoms with Gasteiger partial charge in [0.2, 0.25) is 0 Å². The molecule has 2 heterocycles. The first-order valence-corrected chi connectivity index (χ1v) is 11.7. The van der Waals surface area contributed by atoms with Crippen LogP contribution < -0.4 is 4.74 Å². The second-order valence-electron chi connectivity index (χ2n) is 7.15. The molecule has 152 valence electrons. The van der Waals surface area contributed by atoms with Gasteiger partial charge >= 0.3 is 0 Å². The topological polar surface area (TPSA) is 66.9 Å². The molecule has 3 rings (SSSR count). The fourth-order valence-corrected chi connectivity index (χ4v) is 5.70. The van der Waals surface area contributed by atoms with Crippen molar-refractivity contribution in [1.29, 1.82) is 0 Å². The fraction of sp³-hybridized carbons (Fsp3) is 0.450. The minimum absolute atomic E-state index is 0.124. The summed E-state index contributed by atoms with van der Waals surface area (Å²) in [6.45, 7) is 7.30. The van der Waals surface area contributed by atoms with Crippen LogP contribution in [-0.2, 0) is 14.8 Å². The van der Waals surface area contributed by atoms with Gasteiger partial charge in [-0.2, -0.15) is 4.31 Å². The molecular formula is C20H26N2O4S2. The van der Waals surface area contributed by atoms with Crippen LogP contribution in [0.3, 0.4) is 0 Å². The van der Waals surface area contributed by atoms with Gasteiger partial charge in [-0.05, 0) is 42.0 Å². The Kier molecular flexibility index (Phi) is 6.42. The molecule has 2 aromatic rings. The summed E-state index contributed by atoms with van der Waals surface area (Å²) in [5.74, 6) is 0.972. The number of nitrogens with zero attached hydrogens (tertiary/aromatic N) is 2. The monoisotopic (exact) mass is 422 g/mol. The smallest absolute Gasteiger partial charge is 0.263 e. The Morgan fingerprint density at radius 3 is 2.21 bits per heavy atom. The Hall–Kier alpha value is -1.90. The molecule has 1 atom stereocenters. The number of hydrogen-bond acceptors (Lipinski definition) is 5. The van der Waals surface area contributed by atoms with Crippen LogP contribution in [0.15, 0.2) is 46.0 Å². The standard InChI is InChI=1S/C20H26N2O4S2/c1-15(2)17-6-8-18(9-7-17)26-16(3)20(23)21-10-12-22(13-11-21)28(24,25)19-5-4-14-27-19/h4-9,14-16H,10-13H2,1-3H3. The van der Waals surface area contributed by atoms with Gasteiger partial charge in [-0.25, -0.2) is 8.42 Å². The van der Waals surface area contributed by atoms with E-state index >= 15 is 0 Å². The molecule has 0 N–H and O–H groups in total. The number of hydrogen-bond donors (Lipinski definition) is 0. The molecule has 28 heavy (non-hydrogen) atoms. The minimum atomic E-state index is -3.47. The maximum atomic E-state index is 12.7. The summed E-state index contributed by atoms with van der Waals surface area (Å²) in [4.78, 5) is 14.4. The summed E-state index contributed by atoms with van der Waals surface area (Å²) in [6, 6.07) is 11.1. The minimum Gasteiger partial charge on any atom is -0.481 e. The first-order chi connectivity index (χ1) is 13.3. The Morgan fingerprint density at radius 1 is 1.04 bits per heavy atom. The lowest BCUT2D eigenvalue weighted by atomic mass is 10.0. The highest BCUT2D eigenvalue weighted by molar-refractivity contribution is 7.91. The molecule has 0 spiro atoms. The molecular weight excluding hydrogens is 396 g/mol. The Bertz CT molecular complexity index is 885. The van der Waals surface area contributed by atoms with Crippen molar-refractivity contribution in [3.05, 3.63) is 47.3 Å². The molecule has 1 aromatic carbocycles. The predicted molar refractivity (Wildman–Crippen MR) is 110 cm³/mol. The number of carbonyl (C=O) groups is 1. The molecule has 0 radical (unpaired) electrons. The van der Waals surface area contributed by atoms with Gasteiger partial charge in [0.25, 0.3) is 15.9 Å². The van der Waals surface area contributed by atoms with Crippen LogP contribution in [0.4, 0.5) is 0 Å². The van der Waals surface area contributed by atoms with E-state index in [1.165, 1.54) is 21.2 Å². The number of piperazine rings is 1. The number of thiophene rings is 1. The highest BCUT2D eigenvalue weighted by Crippen LogP contribution is 2.23. The Labute approximate surface area is 170 Å². The predicted octanol–water partition coefficient (Wildman–Crippen LogP) is 3.17. The van der Waals surface area contributed by atoms with Crippen LogP contribution in [0.1, 0.15) is 32.3 Å². The SMILES string of the molecule is CC(Oc1ccc(C(C)C)cc1)C(=O)N1CCN(S(=O)(=O)c2cccs2)CC1.